The quantitative estimate of drug-likeness (QED) is 0.808. The predicted octanol–water partition coefficient (Wildman–Crippen LogP) is 3.49. The molecule has 1 aromatic carbocycles. The second kappa shape index (κ2) is 6.28. The summed E-state index contributed by atoms with van der Waals surface area (Å²) >= 11 is 0. The van der Waals surface area contributed by atoms with Crippen LogP contribution in [0.3, 0.4) is 0 Å². The zero-order chi connectivity index (χ0) is 15.5. The first-order valence-corrected chi connectivity index (χ1v) is 7.46. The van der Waals surface area contributed by atoms with Crippen LogP contribution in [0, 0.1) is 5.95 Å². The lowest BCUT2D eigenvalue weighted by molar-refractivity contribution is 0.157. The monoisotopic (exact) mass is 297 g/mol. The van der Waals surface area contributed by atoms with Crippen molar-refractivity contribution in [3.8, 4) is 11.1 Å². The van der Waals surface area contributed by atoms with Crippen LogP contribution in [0.2, 0.25) is 0 Å². The summed E-state index contributed by atoms with van der Waals surface area (Å²) in [6.07, 6.45) is 5.82. The molecule has 4 heteroatoms. The van der Waals surface area contributed by atoms with E-state index in [0.717, 1.165) is 18.8 Å². The summed E-state index contributed by atoms with van der Waals surface area (Å²) in [6.45, 7) is 3.95. The molecule has 1 aromatic heterocycles. The maximum Gasteiger partial charge on any atom is 0.220 e. The number of benzene rings is 1. The number of likely N-dealkylation sites (N-methyl/N-ethyl adjacent to an activating group) is 1. The Bertz CT molecular complexity index is 666. The van der Waals surface area contributed by atoms with Gasteiger partial charge in [0.15, 0.2) is 0 Å². The molecule has 114 valence electrons. The van der Waals surface area contributed by atoms with E-state index in [2.05, 4.69) is 41.0 Å². The highest BCUT2D eigenvalue weighted by Gasteiger charge is 2.14. The van der Waals surface area contributed by atoms with E-state index in [-0.39, 0.29) is 0 Å². The SMILES string of the molecule is CC1C=CN(Cc2ccc(-c3cccnc3F)cc2)CN1C. The molecule has 0 bridgehead atoms. The van der Waals surface area contributed by atoms with Crippen LogP contribution in [0.1, 0.15) is 12.5 Å². The van der Waals surface area contributed by atoms with Crippen molar-refractivity contribution in [3.05, 3.63) is 66.4 Å². The van der Waals surface area contributed by atoms with E-state index in [1.54, 1.807) is 12.1 Å². The number of nitrogens with zero attached hydrogens (tertiary/aromatic N) is 3. The van der Waals surface area contributed by atoms with Gasteiger partial charge >= 0.3 is 0 Å². The van der Waals surface area contributed by atoms with Gasteiger partial charge in [-0.2, -0.15) is 4.39 Å². The topological polar surface area (TPSA) is 19.4 Å². The molecule has 22 heavy (non-hydrogen) atoms. The number of hydrogen-bond acceptors (Lipinski definition) is 3. The van der Waals surface area contributed by atoms with Crippen molar-refractivity contribution in [3.63, 3.8) is 0 Å². The van der Waals surface area contributed by atoms with Crippen LogP contribution in [-0.4, -0.2) is 34.5 Å². The van der Waals surface area contributed by atoms with Crippen molar-refractivity contribution in [2.45, 2.75) is 19.5 Å². The Morgan fingerprint density at radius 1 is 1.23 bits per heavy atom. The van der Waals surface area contributed by atoms with E-state index in [4.69, 9.17) is 0 Å². The Morgan fingerprint density at radius 2 is 2.00 bits per heavy atom. The summed E-state index contributed by atoms with van der Waals surface area (Å²) in [5, 5.41) is 0. The molecule has 1 aliphatic rings. The van der Waals surface area contributed by atoms with Crippen LogP contribution in [0.15, 0.2) is 54.9 Å². The second-order valence-corrected chi connectivity index (χ2v) is 5.77. The minimum absolute atomic E-state index is 0.426. The van der Waals surface area contributed by atoms with Gasteiger partial charge in [0, 0.05) is 24.3 Å². The van der Waals surface area contributed by atoms with Crippen LogP contribution >= 0.6 is 0 Å². The van der Waals surface area contributed by atoms with Gasteiger partial charge in [-0.05, 0) is 43.4 Å². The molecule has 0 saturated heterocycles. The Balaban J connectivity index is 1.73. The highest BCUT2D eigenvalue weighted by atomic mass is 19.1. The summed E-state index contributed by atoms with van der Waals surface area (Å²) < 4.78 is 13.7. The lowest BCUT2D eigenvalue weighted by Crippen LogP contribution is -2.40. The maximum absolute atomic E-state index is 13.7. The van der Waals surface area contributed by atoms with Crippen LogP contribution in [0.5, 0.6) is 0 Å². The number of aromatic nitrogens is 1. The molecule has 0 saturated carbocycles. The van der Waals surface area contributed by atoms with Gasteiger partial charge in [0.25, 0.3) is 0 Å². The second-order valence-electron chi connectivity index (χ2n) is 5.77. The molecule has 3 rings (SSSR count). The first kappa shape index (κ1) is 14.7. The molecule has 1 aliphatic heterocycles. The summed E-state index contributed by atoms with van der Waals surface area (Å²) in [4.78, 5) is 8.25. The zero-order valence-electron chi connectivity index (χ0n) is 12.9. The number of hydrogen-bond donors (Lipinski definition) is 0. The van der Waals surface area contributed by atoms with Gasteiger partial charge in [-0.15, -0.1) is 0 Å². The van der Waals surface area contributed by atoms with Gasteiger partial charge in [0.2, 0.25) is 5.95 Å². The van der Waals surface area contributed by atoms with E-state index >= 15 is 0 Å². The van der Waals surface area contributed by atoms with Gasteiger partial charge in [-0.3, -0.25) is 4.90 Å². The highest BCUT2D eigenvalue weighted by molar-refractivity contribution is 5.63. The molecule has 0 N–H and O–H groups in total. The summed E-state index contributed by atoms with van der Waals surface area (Å²) in [5.41, 5.74) is 2.61. The van der Waals surface area contributed by atoms with Gasteiger partial charge in [0.05, 0.1) is 6.67 Å². The number of pyridine rings is 1. The molecule has 2 heterocycles. The first-order chi connectivity index (χ1) is 10.6. The standard InChI is InChI=1S/C18H20FN3/c1-14-9-11-22(13-21(14)2)12-15-5-7-16(8-6-15)17-4-3-10-20-18(17)19/h3-11,14H,12-13H2,1-2H3. The van der Waals surface area contributed by atoms with Crippen molar-refractivity contribution >= 4 is 0 Å². The molecule has 1 atom stereocenters. The van der Waals surface area contributed by atoms with Gasteiger partial charge < -0.3 is 4.90 Å². The van der Waals surface area contributed by atoms with E-state index < -0.39 is 5.95 Å². The van der Waals surface area contributed by atoms with Crippen LogP contribution in [0.25, 0.3) is 11.1 Å². The summed E-state index contributed by atoms with van der Waals surface area (Å²) in [7, 11) is 2.12. The Hall–Kier alpha value is -2.20. The van der Waals surface area contributed by atoms with Gasteiger partial charge in [0.1, 0.15) is 0 Å². The molecule has 0 amide bonds. The minimum Gasteiger partial charge on any atom is -0.361 e. The third kappa shape index (κ3) is 3.17. The van der Waals surface area contributed by atoms with E-state index in [1.165, 1.54) is 11.8 Å². The van der Waals surface area contributed by atoms with Crippen molar-refractivity contribution in [2.24, 2.45) is 0 Å². The Morgan fingerprint density at radius 3 is 2.68 bits per heavy atom. The lowest BCUT2D eigenvalue weighted by atomic mass is 10.1. The molecular weight excluding hydrogens is 277 g/mol. The lowest BCUT2D eigenvalue weighted by Gasteiger charge is -2.34. The van der Waals surface area contributed by atoms with E-state index in [0.29, 0.717) is 11.6 Å². The summed E-state index contributed by atoms with van der Waals surface area (Å²) in [5.74, 6) is -0.426. The fraction of sp³-hybridized carbons (Fsp3) is 0.278. The average Bonchev–Trinajstić information content (AvgIpc) is 2.52. The maximum atomic E-state index is 13.7. The average molecular weight is 297 g/mol. The van der Waals surface area contributed by atoms with Gasteiger partial charge in [-0.1, -0.05) is 30.3 Å². The van der Waals surface area contributed by atoms with E-state index in [1.807, 2.05) is 24.3 Å². The fourth-order valence-corrected chi connectivity index (χ4v) is 2.58. The highest BCUT2D eigenvalue weighted by Crippen LogP contribution is 2.22. The first-order valence-electron chi connectivity index (χ1n) is 7.46. The van der Waals surface area contributed by atoms with Crippen LogP contribution < -0.4 is 0 Å². The molecular formula is C18H20FN3. The van der Waals surface area contributed by atoms with Crippen molar-refractivity contribution in [1.29, 1.82) is 0 Å². The van der Waals surface area contributed by atoms with Crippen LogP contribution in [-0.2, 0) is 6.54 Å². The largest absolute Gasteiger partial charge is 0.361 e. The third-order valence-electron chi connectivity index (χ3n) is 4.09. The van der Waals surface area contributed by atoms with E-state index in [9.17, 15) is 4.39 Å². The van der Waals surface area contributed by atoms with Crippen molar-refractivity contribution in [1.82, 2.24) is 14.8 Å². The smallest absolute Gasteiger partial charge is 0.220 e. The molecule has 0 spiro atoms. The molecule has 0 aliphatic carbocycles. The number of rotatable bonds is 3. The predicted molar refractivity (Wildman–Crippen MR) is 86.4 cm³/mol. The zero-order valence-corrected chi connectivity index (χ0v) is 12.9. The molecule has 0 radical (unpaired) electrons. The molecule has 1 unspecified atom stereocenters. The normalized spacial score (nSPS) is 18.7. The van der Waals surface area contributed by atoms with Crippen LogP contribution in [0.4, 0.5) is 4.39 Å². The van der Waals surface area contributed by atoms with Gasteiger partial charge in [-0.25, -0.2) is 4.98 Å². The van der Waals surface area contributed by atoms with Crippen molar-refractivity contribution in [2.75, 3.05) is 13.7 Å². The summed E-state index contributed by atoms with van der Waals surface area (Å²) in [6, 6.07) is 12.0. The molecule has 0 fully saturated rings. The molecule has 3 nitrogen and oxygen atoms in total. The number of halogens is 1. The fourth-order valence-electron chi connectivity index (χ4n) is 2.58. The third-order valence-corrected chi connectivity index (χ3v) is 4.09. The Kier molecular flexibility index (Phi) is 4.20. The Labute approximate surface area is 130 Å². The molecule has 2 aromatic rings. The minimum atomic E-state index is -0.426. The van der Waals surface area contributed by atoms with Crippen molar-refractivity contribution < 1.29 is 4.39 Å².